The lowest BCUT2D eigenvalue weighted by Gasteiger charge is -2.26. The summed E-state index contributed by atoms with van der Waals surface area (Å²) in [4.78, 5) is 13.4. The van der Waals surface area contributed by atoms with Gasteiger partial charge in [0.25, 0.3) is 5.91 Å². The van der Waals surface area contributed by atoms with Crippen LogP contribution < -0.4 is 15.2 Å². The first-order chi connectivity index (χ1) is 14.1. The standard InChI is InChI=1S/C20H24FN5O3S/c1-20(2)17(26-19(29-20)15(9-24-26)30(22,23)28)18(27)25-16-13-5-3-4-10(13)6-11-7-12(21)8-14(11)16/h6,9,12,17H,3-5,7-8H2,1-2H3,(H,25,27)(H3,22,23,28)/t12-,17?/m0/s1. The number of alkyl halides is 1. The van der Waals surface area contributed by atoms with E-state index in [2.05, 4.69) is 16.5 Å². The van der Waals surface area contributed by atoms with Crippen molar-refractivity contribution < 1.29 is 18.1 Å². The van der Waals surface area contributed by atoms with Gasteiger partial charge >= 0.3 is 0 Å². The predicted molar refractivity (Wildman–Crippen MR) is 109 cm³/mol. The highest BCUT2D eigenvalue weighted by Gasteiger charge is 2.49. The normalized spacial score (nSPS) is 25.2. The second-order valence-corrected chi connectivity index (χ2v) is 10.5. The zero-order valence-electron chi connectivity index (χ0n) is 16.8. The number of aromatic nitrogens is 2. The summed E-state index contributed by atoms with van der Waals surface area (Å²) in [5.41, 5.74) is 3.86. The fourth-order valence-corrected chi connectivity index (χ4v) is 5.59. The number of carbonyl (C=O) groups excluding carboxylic acids is 1. The lowest BCUT2D eigenvalue weighted by atomic mass is 9.96. The van der Waals surface area contributed by atoms with Gasteiger partial charge in [-0.1, -0.05) is 6.07 Å². The highest BCUT2D eigenvalue weighted by atomic mass is 32.2. The van der Waals surface area contributed by atoms with Gasteiger partial charge in [-0.15, -0.1) is 0 Å². The summed E-state index contributed by atoms with van der Waals surface area (Å²) in [5, 5.41) is 12.7. The molecule has 2 heterocycles. The number of hydrogen-bond donors (Lipinski definition) is 3. The average Bonchev–Trinajstić information content (AvgIpc) is 3.35. The molecule has 0 bridgehead atoms. The van der Waals surface area contributed by atoms with Crippen LogP contribution in [0.15, 0.2) is 17.2 Å². The molecular weight excluding hydrogens is 409 g/mol. The number of aryl methyl sites for hydroxylation is 1. The number of nitrogens with one attached hydrogen (secondary N) is 2. The first-order valence-electron chi connectivity index (χ1n) is 10.0. The largest absolute Gasteiger partial charge is 0.468 e. The third-order valence-electron chi connectivity index (χ3n) is 6.27. The Bertz CT molecular complexity index is 1190. The molecule has 3 atom stereocenters. The zero-order valence-corrected chi connectivity index (χ0v) is 17.6. The number of nitrogens with zero attached hydrogens (tertiary/aromatic N) is 2. The van der Waals surface area contributed by atoms with Crippen LogP contribution in [0, 0.1) is 4.78 Å². The Morgan fingerprint density at radius 2 is 2.13 bits per heavy atom. The second-order valence-electron chi connectivity index (χ2n) is 8.84. The molecule has 1 aliphatic heterocycles. The fraction of sp³-hybridized carbons (Fsp3) is 0.500. The molecule has 10 heteroatoms. The molecule has 0 fully saturated rings. The Balaban J connectivity index is 1.55. The van der Waals surface area contributed by atoms with Crippen molar-refractivity contribution in [3.05, 3.63) is 34.5 Å². The minimum Gasteiger partial charge on any atom is -0.468 e. The Labute approximate surface area is 174 Å². The molecule has 30 heavy (non-hydrogen) atoms. The molecule has 3 aliphatic rings. The summed E-state index contributed by atoms with van der Waals surface area (Å²) >= 11 is 0. The third kappa shape index (κ3) is 2.84. The van der Waals surface area contributed by atoms with Gasteiger partial charge in [0, 0.05) is 18.5 Å². The summed E-state index contributed by atoms with van der Waals surface area (Å²) < 4.78 is 41.1. The Morgan fingerprint density at radius 1 is 1.37 bits per heavy atom. The molecule has 1 aromatic heterocycles. The van der Waals surface area contributed by atoms with Gasteiger partial charge in [0.1, 0.15) is 26.6 Å². The number of fused-ring (bicyclic) bond motifs is 3. The van der Waals surface area contributed by atoms with E-state index in [9.17, 15) is 13.4 Å². The molecule has 0 spiro atoms. The first kappa shape index (κ1) is 19.5. The van der Waals surface area contributed by atoms with Crippen LogP contribution in [0.5, 0.6) is 5.88 Å². The number of amides is 1. The number of carbonyl (C=O) groups is 1. The van der Waals surface area contributed by atoms with Gasteiger partial charge in [-0.25, -0.2) is 23.2 Å². The molecule has 1 amide bonds. The van der Waals surface area contributed by atoms with Gasteiger partial charge in [0.15, 0.2) is 6.04 Å². The van der Waals surface area contributed by atoms with Gasteiger partial charge in [-0.3, -0.25) is 4.79 Å². The average molecular weight is 434 g/mol. The van der Waals surface area contributed by atoms with E-state index in [0.29, 0.717) is 12.8 Å². The SMILES string of the molecule is CC1(C)Oc2c(S(=N)(N)=O)cnn2C1C(=O)Nc1c2c(cc3c1C[C@@H](F)C3)CCC2. The van der Waals surface area contributed by atoms with Crippen molar-refractivity contribution in [2.24, 2.45) is 5.14 Å². The minimum atomic E-state index is -3.55. The lowest BCUT2D eigenvalue weighted by molar-refractivity contribution is -0.122. The zero-order chi connectivity index (χ0) is 21.4. The maximum atomic E-state index is 14.2. The molecule has 1 aromatic carbocycles. The van der Waals surface area contributed by atoms with Crippen molar-refractivity contribution in [3.63, 3.8) is 0 Å². The van der Waals surface area contributed by atoms with E-state index in [4.69, 9.17) is 14.7 Å². The topological polar surface area (TPSA) is 123 Å². The number of rotatable bonds is 3. The van der Waals surface area contributed by atoms with Crippen LogP contribution in [0.2, 0.25) is 0 Å². The molecule has 5 rings (SSSR count). The Morgan fingerprint density at radius 3 is 2.87 bits per heavy atom. The third-order valence-corrected chi connectivity index (χ3v) is 7.20. The van der Waals surface area contributed by atoms with Crippen molar-refractivity contribution >= 4 is 21.5 Å². The molecule has 0 radical (unpaired) electrons. The van der Waals surface area contributed by atoms with E-state index >= 15 is 0 Å². The van der Waals surface area contributed by atoms with Crippen LogP contribution in [0.4, 0.5) is 10.1 Å². The summed E-state index contributed by atoms with van der Waals surface area (Å²) in [5.74, 6) is -0.262. The molecule has 2 unspecified atom stereocenters. The molecule has 8 nitrogen and oxygen atoms in total. The highest BCUT2D eigenvalue weighted by Crippen LogP contribution is 2.44. The van der Waals surface area contributed by atoms with E-state index in [-0.39, 0.29) is 16.7 Å². The molecule has 2 aromatic rings. The summed E-state index contributed by atoms with van der Waals surface area (Å²) in [6.45, 7) is 3.46. The quantitative estimate of drug-likeness (QED) is 0.688. The van der Waals surface area contributed by atoms with Gasteiger partial charge in [0.2, 0.25) is 5.88 Å². The van der Waals surface area contributed by atoms with Gasteiger partial charge in [0.05, 0.1) is 6.20 Å². The highest BCUT2D eigenvalue weighted by molar-refractivity contribution is 7.90. The first-order valence-corrected chi connectivity index (χ1v) is 11.6. The fourth-order valence-electron chi connectivity index (χ4n) is 4.99. The molecule has 0 saturated carbocycles. The molecule has 2 aliphatic carbocycles. The van der Waals surface area contributed by atoms with Crippen LogP contribution >= 0.6 is 0 Å². The van der Waals surface area contributed by atoms with Crippen molar-refractivity contribution in [2.75, 3.05) is 5.32 Å². The monoisotopic (exact) mass is 433 g/mol. The van der Waals surface area contributed by atoms with E-state index in [1.165, 1.54) is 16.4 Å². The van der Waals surface area contributed by atoms with Crippen molar-refractivity contribution in [3.8, 4) is 5.88 Å². The van der Waals surface area contributed by atoms with E-state index in [1.807, 2.05) is 0 Å². The van der Waals surface area contributed by atoms with Gasteiger partial charge < -0.3 is 10.1 Å². The van der Waals surface area contributed by atoms with Gasteiger partial charge in [-0.05, 0) is 55.4 Å². The summed E-state index contributed by atoms with van der Waals surface area (Å²) in [6.07, 6.45) is 3.76. The number of nitrogens with two attached hydrogens (primary N) is 1. The summed E-state index contributed by atoms with van der Waals surface area (Å²) in [7, 11) is -3.55. The second kappa shape index (κ2) is 6.27. The van der Waals surface area contributed by atoms with Crippen molar-refractivity contribution in [1.82, 2.24) is 9.78 Å². The molecule has 4 N–H and O–H groups in total. The maximum Gasteiger partial charge on any atom is 0.253 e. The minimum absolute atomic E-state index is 0.0346. The number of benzene rings is 1. The smallest absolute Gasteiger partial charge is 0.253 e. The number of anilines is 1. The van der Waals surface area contributed by atoms with Crippen molar-refractivity contribution in [1.29, 1.82) is 4.78 Å². The van der Waals surface area contributed by atoms with Crippen LogP contribution in [-0.2, 0) is 40.4 Å². The van der Waals surface area contributed by atoms with E-state index in [1.54, 1.807) is 13.8 Å². The van der Waals surface area contributed by atoms with Crippen LogP contribution in [0.1, 0.15) is 48.6 Å². The maximum absolute atomic E-state index is 14.2. The summed E-state index contributed by atoms with van der Waals surface area (Å²) in [6, 6.07) is 1.25. The van der Waals surface area contributed by atoms with Crippen LogP contribution in [-0.4, -0.2) is 31.7 Å². The van der Waals surface area contributed by atoms with E-state index < -0.39 is 27.7 Å². The number of hydrogen-bond acceptors (Lipinski definition) is 5. The molecular formula is C20H24FN5O3S. The number of ether oxygens (including phenoxy) is 1. The molecule has 0 saturated heterocycles. The Kier molecular flexibility index (Phi) is 4.08. The van der Waals surface area contributed by atoms with E-state index in [0.717, 1.165) is 41.6 Å². The Hall–Kier alpha value is -2.46. The van der Waals surface area contributed by atoms with Crippen LogP contribution in [0.3, 0.4) is 0 Å². The predicted octanol–water partition coefficient (Wildman–Crippen LogP) is 2.44. The van der Waals surface area contributed by atoms with Crippen LogP contribution in [0.25, 0.3) is 0 Å². The molecule has 160 valence electrons. The van der Waals surface area contributed by atoms with Gasteiger partial charge in [-0.2, -0.15) is 5.10 Å². The lowest BCUT2D eigenvalue weighted by Crippen LogP contribution is -2.41. The van der Waals surface area contributed by atoms with Crippen molar-refractivity contribution in [2.45, 2.75) is 68.7 Å². The number of halogens is 1.